The van der Waals surface area contributed by atoms with Gasteiger partial charge in [-0.25, -0.2) is 14.6 Å². The molecule has 132 valence electrons. The monoisotopic (exact) mass is 342 g/mol. The van der Waals surface area contributed by atoms with E-state index in [2.05, 4.69) is 25.3 Å². The number of hydrogen-bond acceptors (Lipinski definition) is 6. The molecule has 1 saturated heterocycles. The first-order chi connectivity index (χ1) is 12.3. The number of aromatic nitrogens is 4. The maximum atomic E-state index is 12.8. The smallest absolute Gasteiger partial charge is 0.244 e. The van der Waals surface area contributed by atoms with Crippen LogP contribution in [-0.2, 0) is 9.53 Å². The van der Waals surface area contributed by atoms with E-state index in [-0.39, 0.29) is 11.9 Å². The molecule has 2 aromatic rings. The van der Waals surface area contributed by atoms with Crippen molar-refractivity contribution in [3.8, 4) is 5.82 Å². The van der Waals surface area contributed by atoms with Crippen molar-refractivity contribution in [2.75, 3.05) is 25.1 Å². The van der Waals surface area contributed by atoms with E-state index in [1.165, 1.54) is 32.0 Å². The number of rotatable bonds is 4. The topological polar surface area (TPSA) is 85.2 Å². The minimum atomic E-state index is -0.230. The van der Waals surface area contributed by atoms with Gasteiger partial charge in [0, 0.05) is 12.6 Å². The zero-order chi connectivity index (χ0) is 17.1. The summed E-state index contributed by atoms with van der Waals surface area (Å²) in [5, 5.41) is 7.01. The van der Waals surface area contributed by atoms with E-state index in [1.54, 1.807) is 23.3 Å². The van der Waals surface area contributed by atoms with E-state index in [1.807, 2.05) is 6.07 Å². The predicted octanol–water partition coefficient (Wildman–Crippen LogP) is 1.24. The van der Waals surface area contributed by atoms with Gasteiger partial charge in [0.15, 0.2) is 5.82 Å². The van der Waals surface area contributed by atoms with Gasteiger partial charge in [-0.2, -0.15) is 5.10 Å². The highest BCUT2D eigenvalue weighted by Gasteiger charge is 2.35. The van der Waals surface area contributed by atoms with Crippen molar-refractivity contribution in [1.29, 1.82) is 0 Å². The highest BCUT2D eigenvalue weighted by molar-refractivity contribution is 5.95. The van der Waals surface area contributed by atoms with Gasteiger partial charge in [-0.1, -0.05) is 12.8 Å². The Balaban J connectivity index is 1.43. The number of carbonyl (C=O) groups excluding carboxylic acids is 1. The molecule has 25 heavy (non-hydrogen) atoms. The quantitative estimate of drug-likeness (QED) is 0.900. The van der Waals surface area contributed by atoms with Crippen LogP contribution in [-0.4, -0.2) is 62.4 Å². The van der Waals surface area contributed by atoms with Gasteiger partial charge in [0.1, 0.15) is 18.7 Å². The summed E-state index contributed by atoms with van der Waals surface area (Å²) in [7, 11) is 0. The van der Waals surface area contributed by atoms with Crippen LogP contribution in [0.1, 0.15) is 25.7 Å². The Bertz CT molecular complexity index is 696. The maximum Gasteiger partial charge on any atom is 0.244 e. The molecule has 1 aliphatic carbocycles. The minimum Gasteiger partial charge on any atom is -0.378 e. The molecule has 2 aliphatic rings. The fourth-order valence-electron chi connectivity index (χ4n) is 3.66. The third kappa shape index (κ3) is 3.54. The van der Waals surface area contributed by atoms with Crippen molar-refractivity contribution < 1.29 is 9.53 Å². The molecule has 2 aromatic heterocycles. The molecular formula is C17H22N6O2. The van der Waals surface area contributed by atoms with Crippen LogP contribution in [0.5, 0.6) is 0 Å². The van der Waals surface area contributed by atoms with Gasteiger partial charge in [-0.3, -0.25) is 9.69 Å². The lowest BCUT2D eigenvalue weighted by molar-refractivity contribution is -0.129. The number of nitrogens with one attached hydrogen (secondary N) is 1. The molecule has 0 radical (unpaired) electrons. The normalized spacial score (nSPS) is 22.2. The van der Waals surface area contributed by atoms with Crippen LogP contribution in [0.15, 0.2) is 31.0 Å². The highest BCUT2D eigenvalue weighted by Crippen LogP contribution is 2.26. The Morgan fingerprint density at radius 1 is 1.28 bits per heavy atom. The van der Waals surface area contributed by atoms with Crippen LogP contribution in [0.3, 0.4) is 0 Å². The van der Waals surface area contributed by atoms with Gasteiger partial charge in [-0.05, 0) is 25.0 Å². The summed E-state index contributed by atoms with van der Waals surface area (Å²) in [6, 6.07) is 3.90. The third-order valence-corrected chi connectivity index (χ3v) is 4.94. The molecule has 0 spiro atoms. The van der Waals surface area contributed by atoms with Crippen LogP contribution in [0.2, 0.25) is 0 Å². The second kappa shape index (κ2) is 7.28. The van der Waals surface area contributed by atoms with E-state index >= 15 is 0 Å². The zero-order valence-corrected chi connectivity index (χ0v) is 14.0. The Morgan fingerprint density at radius 3 is 2.88 bits per heavy atom. The lowest BCUT2D eigenvalue weighted by atomic mass is 10.1. The second-order valence-electron chi connectivity index (χ2n) is 6.50. The Labute approximate surface area is 146 Å². The van der Waals surface area contributed by atoms with Gasteiger partial charge in [0.05, 0.1) is 25.1 Å². The molecule has 2 fully saturated rings. The van der Waals surface area contributed by atoms with Gasteiger partial charge in [0.2, 0.25) is 5.91 Å². The van der Waals surface area contributed by atoms with Crippen molar-refractivity contribution in [1.82, 2.24) is 24.6 Å². The maximum absolute atomic E-state index is 12.8. The molecule has 1 saturated carbocycles. The molecule has 8 nitrogen and oxygen atoms in total. The summed E-state index contributed by atoms with van der Waals surface area (Å²) in [6.07, 6.45) is 9.54. The van der Waals surface area contributed by atoms with E-state index < -0.39 is 0 Å². The fourth-order valence-corrected chi connectivity index (χ4v) is 3.66. The Kier molecular flexibility index (Phi) is 4.71. The molecule has 8 heteroatoms. The van der Waals surface area contributed by atoms with Gasteiger partial charge in [0.25, 0.3) is 0 Å². The van der Waals surface area contributed by atoms with Gasteiger partial charge in [-0.15, -0.1) is 0 Å². The number of hydrogen-bond donors (Lipinski definition) is 1. The van der Waals surface area contributed by atoms with Crippen LogP contribution in [0.4, 0.5) is 5.69 Å². The Hall–Kier alpha value is -2.32. The molecule has 0 bridgehead atoms. The Morgan fingerprint density at radius 2 is 2.16 bits per heavy atom. The summed E-state index contributed by atoms with van der Waals surface area (Å²) in [4.78, 5) is 23.3. The first kappa shape index (κ1) is 16.2. The van der Waals surface area contributed by atoms with Crippen LogP contribution < -0.4 is 5.32 Å². The third-order valence-electron chi connectivity index (χ3n) is 4.94. The standard InChI is InChI=1S/C17H22N6O2/c24-17(15-10-25-8-7-22(15)14-3-1-2-4-14)21-13-5-6-16(19-9-13)23-12-18-11-20-23/h5-6,9,11-12,14-15H,1-4,7-8,10H2,(H,21,24)/t15-/m0/s1. The molecular weight excluding hydrogens is 320 g/mol. The van der Waals surface area contributed by atoms with Crippen molar-refractivity contribution in [3.05, 3.63) is 31.0 Å². The van der Waals surface area contributed by atoms with Crippen LogP contribution in [0.25, 0.3) is 5.82 Å². The summed E-state index contributed by atoms with van der Waals surface area (Å²) in [5.74, 6) is 0.631. The molecule has 1 N–H and O–H groups in total. The summed E-state index contributed by atoms with van der Waals surface area (Å²) >= 11 is 0. The van der Waals surface area contributed by atoms with Crippen LogP contribution >= 0.6 is 0 Å². The number of pyridine rings is 1. The van der Waals surface area contributed by atoms with Crippen LogP contribution in [0, 0.1) is 0 Å². The summed E-state index contributed by atoms with van der Waals surface area (Å²) in [6.45, 7) is 1.98. The zero-order valence-electron chi connectivity index (χ0n) is 14.0. The largest absolute Gasteiger partial charge is 0.378 e. The van der Waals surface area contributed by atoms with Crippen molar-refractivity contribution >= 4 is 11.6 Å². The second-order valence-corrected chi connectivity index (χ2v) is 6.50. The number of carbonyl (C=O) groups is 1. The average molecular weight is 342 g/mol. The number of morpholine rings is 1. The SMILES string of the molecule is O=C(Nc1ccc(-n2cncn2)nc1)[C@@H]1COCCN1C1CCCC1. The molecule has 0 unspecified atom stereocenters. The molecule has 1 aliphatic heterocycles. The minimum absolute atomic E-state index is 0.0260. The fraction of sp³-hybridized carbons (Fsp3) is 0.529. The molecule has 0 aromatic carbocycles. The molecule has 1 amide bonds. The average Bonchev–Trinajstić information content (AvgIpc) is 3.36. The molecule has 3 heterocycles. The molecule has 4 rings (SSSR count). The number of anilines is 1. The lowest BCUT2D eigenvalue weighted by Crippen LogP contribution is -2.55. The van der Waals surface area contributed by atoms with Crippen molar-refractivity contribution in [2.45, 2.75) is 37.8 Å². The van der Waals surface area contributed by atoms with Crippen molar-refractivity contribution in [3.63, 3.8) is 0 Å². The van der Waals surface area contributed by atoms with Gasteiger partial charge < -0.3 is 10.1 Å². The van der Waals surface area contributed by atoms with E-state index in [4.69, 9.17) is 4.74 Å². The van der Waals surface area contributed by atoms with E-state index in [0.29, 0.717) is 30.8 Å². The highest BCUT2D eigenvalue weighted by atomic mass is 16.5. The molecule has 1 atom stereocenters. The van der Waals surface area contributed by atoms with E-state index in [0.717, 1.165) is 6.54 Å². The first-order valence-corrected chi connectivity index (χ1v) is 8.77. The van der Waals surface area contributed by atoms with E-state index in [9.17, 15) is 4.79 Å². The summed E-state index contributed by atoms with van der Waals surface area (Å²) in [5.41, 5.74) is 0.672. The predicted molar refractivity (Wildman–Crippen MR) is 91.4 cm³/mol. The number of amides is 1. The van der Waals surface area contributed by atoms with Gasteiger partial charge >= 0.3 is 0 Å². The number of nitrogens with zero attached hydrogens (tertiary/aromatic N) is 5. The lowest BCUT2D eigenvalue weighted by Gasteiger charge is -2.38. The van der Waals surface area contributed by atoms with Crippen molar-refractivity contribution in [2.24, 2.45) is 0 Å². The first-order valence-electron chi connectivity index (χ1n) is 8.77. The summed E-state index contributed by atoms with van der Waals surface area (Å²) < 4.78 is 7.13. The number of ether oxygens (including phenoxy) is 1.